The highest BCUT2D eigenvalue weighted by Crippen LogP contribution is 2.28. The zero-order valence-corrected chi connectivity index (χ0v) is 14.7. The maximum Gasteiger partial charge on any atom is 0.227 e. The van der Waals surface area contributed by atoms with Crippen LogP contribution in [0.3, 0.4) is 0 Å². The molecule has 0 unspecified atom stereocenters. The Kier molecular flexibility index (Phi) is 4.40. The molecule has 3 fully saturated rings. The number of hydrogen-bond acceptors (Lipinski definition) is 6. The highest BCUT2D eigenvalue weighted by molar-refractivity contribution is 5.83. The zero-order chi connectivity index (χ0) is 18.1. The van der Waals surface area contributed by atoms with E-state index in [4.69, 9.17) is 4.52 Å². The van der Waals surface area contributed by atoms with E-state index < -0.39 is 0 Å². The van der Waals surface area contributed by atoms with Crippen LogP contribution in [0, 0.1) is 5.92 Å². The van der Waals surface area contributed by atoms with Crippen molar-refractivity contribution in [1.29, 1.82) is 0 Å². The Hall–Kier alpha value is -2.77. The topological polar surface area (TPSA) is 92.4 Å². The molecule has 2 bridgehead atoms. The molecule has 2 amide bonds. The van der Waals surface area contributed by atoms with Gasteiger partial charge in [0.2, 0.25) is 23.5 Å². The molecule has 136 valence electrons. The lowest BCUT2D eigenvalue weighted by Gasteiger charge is -2.32. The molecule has 26 heavy (non-hydrogen) atoms. The zero-order valence-electron chi connectivity index (χ0n) is 14.7. The van der Waals surface area contributed by atoms with Crippen LogP contribution < -0.4 is 0 Å². The average molecular weight is 355 g/mol. The van der Waals surface area contributed by atoms with Gasteiger partial charge in [-0.25, -0.2) is 0 Å². The standard InChI is InChI=1S/C18H21N5O3/c1-22-14-5-4-13(18(22)25)10-23(11-14)16(24)7-6-15-20-17(21-26-15)12-3-2-8-19-9-12/h2-3,8-9,13-14H,4-7,10-11H2,1H3/t13-,14+/m1/s1. The van der Waals surface area contributed by atoms with Gasteiger partial charge in [-0.15, -0.1) is 0 Å². The number of fused-ring (bicyclic) bond motifs is 4. The number of piperidine rings is 1. The van der Waals surface area contributed by atoms with Gasteiger partial charge in [0.25, 0.3) is 0 Å². The minimum absolute atomic E-state index is 0.0335. The Morgan fingerprint density at radius 1 is 1.35 bits per heavy atom. The van der Waals surface area contributed by atoms with Gasteiger partial charge in [-0.3, -0.25) is 14.6 Å². The number of likely N-dealkylation sites (N-methyl/N-ethyl adjacent to an activating group) is 1. The molecule has 3 aliphatic rings. The van der Waals surface area contributed by atoms with Gasteiger partial charge < -0.3 is 14.3 Å². The summed E-state index contributed by atoms with van der Waals surface area (Å²) in [5.41, 5.74) is 0.777. The van der Waals surface area contributed by atoms with Gasteiger partial charge in [0.15, 0.2) is 0 Å². The van der Waals surface area contributed by atoms with Crippen LogP contribution in [0.1, 0.15) is 25.2 Å². The molecule has 2 atom stereocenters. The highest BCUT2D eigenvalue weighted by Gasteiger charge is 2.39. The van der Waals surface area contributed by atoms with Crippen molar-refractivity contribution in [2.24, 2.45) is 5.92 Å². The molecular formula is C18H21N5O3. The third-order valence-electron chi connectivity index (χ3n) is 5.26. The predicted molar refractivity (Wildman–Crippen MR) is 91.7 cm³/mol. The Bertz CT molecular complexity index is 806. The summed E-state index contributed by atoms with van der Waals surface area (Å²) >= 11 is 0. The summed E-state index contributed by atoms with van der Waals surface area (Å²) in [4.78, 5) is 36.9. The summed E-state index contributed by atoms with van der Waals surface area (Å²) in [5, 5.41) is 3.94. The maximum atomic E-state index is 12.6. The fourth-order valence-electron chi connectivity index (χ4n) is 3.70. The molecule has 3 saturated heterocycles. The average Bonchev–Trinajstić information content (AvgIpc) is 2.98. The quantitative estimate of drug-likeness (QED) is 0.817. The van der Waals surface area contributed by atoms with Crippen molar-refractivity contribution < 1.29 is 14.1 Å². The Morgan fingerprint density at radius 3 is 3.04 bits per heavy atom. The first kappa shape index (κ1) is 16.7. The van der Waals surface area contributed by atoms with E-state index in [1.54, 1.807) is 23.4 Å². The first-order chi connectivity index (χ1) is 12.6. The van der Waals surface area contributed by atoms with Crippen LogP contribution in [0.5, 0.6) is 0 Å². The monoisotopic (exact) mass is 355 g/mol. The molecule has 2 aromatic heterocycles. The number of nitrogens with zero attached hydrogens (tertiary/aromatic N) is 5. The lowest BCUT2D eigenvalue weighted by molar-refractivity contribution is -0.138. The molecule has 2 aromatic rings. The van der Waals surface area contributed by atoms with Crippen molar-refractivity contribution in [2.75, 3.05) is 20.1 Å². The van der Waals surface area contributed by atoms with E-state index in [0.29, 0.717) is 37.6 Å². The normalized spacial score (nSPS) is 22.6. The van der Waals surface area contributed by atoms with Gasteiger partial charge in [-0.1, -0.05) is 5.16 Å². The largest absolute Gasteiger partial charge is 0.341 e. The SMILES string of the molecule is CN1C(=O)[C@@H]2CC[C@H]1CN(C(=O)CCc1nc(-c3cccnc3)no1)C2. The lowest BCUT2D eigenvalue weighted by atomic mass is 9.95. The smallest absolute Gasteiger partial charge is 0.227 e. The summed E-state index contributed by atoms with van der Waals surface area (Å²) in [6, 6.07) is 3.79. The highest BCUT2D eigenvalue weighted by atomic mass is 16.5. The van der Waals surface area contributed by atoms with Crippen molar-refractivity contribution in [3.63, 3.8) is 0 Å². The van der Waals surface area contributed by atoms with Gasteiger partial charge in [-0.2, -0.15) is 4.98 Å². The summed E-state index contributed by atoms with van der Waals surface area (Å²) < 4.78 is 5.25. The predicted octanol–water partition coefficient (Wildman–Crippen LogP) is 1.14. The summed E-state index contributed by atoms with van der Waals surface area (Å²) in [5.74, 6) is 1.03. The molecule has 8 heteroatoms. The van der Waals surface area contributed by atoms with E-state index in [-0.39, 0.29) is 23.8 Å². The third-order valence-corrected chi connectivity index (χ3v) is 5.26. The van der Waals surface area contributed by atoms with E-state index in [9.17, 15) is 9.59 Å². The van der Waals surface area contributed by atoms with Gasteiger partial charge in [0.1, 0.15) is 0 Å². The first-order valence-electron chi connectivity index (χ1n) is 8.89. The second kappa shape index (κ2) is 6.86. The second-order valence-electron chi connectivity index (χ2n) is 6.93. The van der Waals surface area contributed by atoms with Crippen molar-refractivity contribution in [3.8, 4) is 11.4 Å². The number of carbonyl (C=O) groups excluding carboxylic acids is 2. The second-order valence-corrected chi connectivity index (χ2v) is 6.93. The fourth-order valence-corrected chi connectivity index (χ4v) is 3.70. The number of pyridine rings is 1. The van der Waals surface area contributed by atoms with E-state index in [1.165, 1.54) is 0 Å². The number of amides is 2. The van der Waals surface area contributed by atoms with Gasteiger partial charge in [-0.05, 0) is 25.0 Å². The Labute approximate surface area is 151 Å². The van der Waals surface area contributed by atoms with Gasteiger partial charge in [0, 0.05) is 57.0 Å². The molecule has 0 N–H and O–H groups in total. The number of rotatable bonds is 4. The van der Waals surface area contributed by atoms with Crippen LogP contribution in [0.25, 0.3) is 11.4 Å². The van der Waals surface area contributed by atoms with E-state index in [1.807, 2.05) is 18.0 Å². The molecule has 5 rings (SSSR count). The number of aryl methyl sites for hydroxylation is 1. The molecular weight excluding hydrogens is 334 g/mol. The van der Waals surface area contributed by atoms with Crippen LogP contribution in [0.4, 0.5) is 0 Å². The Balaban J connectivity index is 1.37. The lowest BCUT2D eigenvalue weighted by Crippen LogP contribution is -2.45. The number of carbonyl (C=O) groups is 2. The molecule has 3 aliphatic heterocycles. The molecule has 0 radical (unpaired) electrons. The van der Waals surface area contributed by atoms with Crippen LogP contribution in [0.2, 0.25) is 0 Å². The van der Waals surface area contributed by atoms with E-state index in [2.05, 4.69) is 15.1 Å². The summed E-state index contributed by atoms with van der Waals surface area (Å²) in [6.45, 7) is 1.13. The van der Waals surface area contributed by atoms with E-state index in [0.717, 1.165) is 18.4 Å². The summed E-state index contributed by atoms with van der Waals surface area (Å²) in [7, 11) is 1.84. The summed E-state index contributed by atoms with van der Waals surface area (Å²) in [6.07, 6.45) is 5.87. The van der Waals surface area contributed by atoms with Crippen molar-refractivity contribution >= 4 is 11.8 Å². The fraction of sp³-hybridized carbons (Fsp3) is 0.500. The molecule has 0 aliphatic carbocycles. The first-order valence-corrected chi connectivity index (χ1v) is 8.89. The molecule has 8 nitrogen and oxygen atoms in total. The van der Waals surface area contributed by atoms with Crippen LogP contribution in [-0.2, 0) is 16.0 Å². The minimum atomic E-state index is -0.0664. The van der Waals surface area contributed by atoms with Crippen LogP contribution in [0.15, 0.2) is 29.0 Å². The maximum absolute atomic E-state index is 12.6. The van der Waals surface area contributed by atoms with Crippen LogP contribution in [-0.4, -0.2) is 62.9 Å². The number of hydrogen-bond donors (Lipinski definition) is 0. The van der Waals surface area contributed by atoms with Crippen molar-refractivity contribution in [1.82, 2.24) is 24.9 Å². The van der Waals surface area contributed by atoms with Crippen molar-refractivity contribution in [3.05, 3.63) is 30.4 Å². The molecule has 5 heterocycles. The molecule has 0 spiro atoms. The van der Waals surface area contributed by atoms with E-state index >= 15 is 0 Å². The van der Waals surface area contributed by atoms with Crippen LogP contribution >= 0.6 is 0 Å². The van der Waals surface area contributed by atoms with Gasteiger partial charge >= 0.3 is 0 Å². The third kappa shape index (κ3) is 3.18. The Morgan fingerprint density at radius 2 is 2.23 bits per heavy atom. The number of aromatic nitrogens is 3. The molecule has 0 saturated carbocycles. The van der Waals surface area contributed by atoms with Gasteiger partial charge in [0.05, 0.1) is 5.92 Å². The van der Waals surface area contributed by atoms with Crippen molar-refractivity contribution in [2.45, 2.75) is 31.7 Å². The minimum Gasteiger partial charge on any atom is -0.341 e. The molecule has 0 aromatic carbocycles.